The number of aromatic nitrogens is 3. The van der Waals surface area contributed by atoms with Crippen molar-refractivity contribution in [1.29, 1.82) is 0 Å². The number of oxazole rings is 1. The molecule has 5 rings (SSSR count). The molecule has 0 saturated heterocycles. The molecule has 5 aromatic rings. The summed E-state index contributed by atoms with van der Waals surface area (Å²) < 4.78 is 30.5. The number of rotatable bonds is 11. The predicted octanol–water partition coefficient (Wildman–Crippen LogP) is 5.89. The molecule has 0 fully saturated rings. The number of nitrogens with zero attached hydrogens (tertiary/aromatic N) is 3. The smallest absolute Gasteiger partial charge is 0.263 e. The molecule has 39 heavy (non-hydrogen) atoms. The van der Waals surface area contributed by atoms with E-state index in [-0.39, 0.29) is 18.2 Å². The largest absolute Gasteiger partial charge is 0.493 e. The van der Waals surface area contributed by atoms with E-state index in [1.807, 2.05) is 61.7 Å². The van der Waals surface area contributed by atoms with Crippen LogP contribution >= 0.6 is 12.2 Å². The van der Waals surface area contributed by atoms with Crippen LogP contribution in [0.2, 0.25) is 0 Å². The van der Waals surface area contributed by atoms with Crippen LogP contribution in [0.4, 0.5) is 0 Å². The predicted molar refractivity (Wildman–Crippen MR) is 150 cm³/mol. The lowest BCUT2D eigenvalue weighted by molar-refractivity contribution is 0.275. The zero-order chi connectivity index (χ0) is 27.2. The summed E-state index contributed by atoms with van der Waals surface area (Å²) in [5.74, 6) is 3.20. The molecule has 0 aliphatic rings. The summed E-state index contributed by atoms with van der Waals surface area (Å²) in [6.45, 7) is 2.29. The second kappa shape index (κ2) is 11.7. The number of furan rings is 1. The number of para-hydroxylation sites is 1. The van der Waals surface area contributed by atoms with Gasteiger partial charge < -0.3 is 28.8 Å². The molecular weight excluding hydrogens is 516 g/mol. The van der Waals surface area contributed by atoms with Crippen molar-refractivity contribution in [2.75, 3.05) is 7.11 Å². The fourth-order valence-electron chi connectivity index (χ4n) is 3.77. The van der Waals surface area contributed by atoms with E-state index >= 15 is 0 Å². The minimum Gasteiger partial charge on any atom is -0.493 e. The second-order valence-corrected chi connectivity index (χ2v) is 8.94. The van der Waals surface area contributed by atoms with E-state index in [1.165, 1.54) is 0 Å². The van der Waals surface area contributed by atoms with E-state index in [0.717, 1.165) is 16.8 Å². The van der Waals surface area contributed by atoms with Crippen molar-refractivity contribution in [1.82, 2.24) is 14.8 Å². The van der Waals surface area contributed by atoms with Gasteiger partial charge in [0.05, 0.1) is 29.6 Å². The Balaban J connectivity index is 1.29. The molecule has 198 valence electrons. The third kappa shape index (κ3) is 6.19. The lowest BCUT2D eigenvalue weighted by Crippen LogP contribution is -2.03. The molecule has 0 aliphatic heterocycles. The highest BCUT2D eigenvalue weighted by atomic mass is 32.1. The molecule has 10 heteroatoms. The topological polar surface area (TPSA) is 111 Å². The monoisotopic (exact) mass is 542 g/mol. The molecule has 0 spiro atoms. The molecular formula is C29H26N4O5S. The molecule has 3 aromatic heterocycles. The summed E-state index contributed by atoms with van der Waals surface area (Å²) in [7, 11) is 1.59. The van der Waals surface area contributed by atoms with E-state index in [2.05, 4.69) is 10.1 Å². The van der Waals surface area contributed by atoms with Crippen LogP contribution in [0.15, 0.2) is 88.0 Å². The van der Waals surface area contributed by atoms with Crippen LogP contribution in [0, 0.1) is 6.92 Å². The Bertz CT molecular complexity index is 1590. The highest BCUT2D eigenvalue weighted by Crippen LogP contribution is 2.31. The van der Waals surface area contributed by atoms with Gasteiger partial charge in [0.1, 0.15) is 24.7 Å². The minimum absolute atomic E-state index is 0.206. The van der Waals surface area contributed by atoms with Crippen molar-refractivity contribution < 1.29 is 23.0 Å². The van der Waals surface area contributed by atoms with E-state index in [0.29, 0.717) is 40.5 Å². The summed E-state index contributed by atoms with van der Waals surface area (Å²) in [4.78, 5) is 4.75. The molecule has 0 bridgehead atoms. The maximum atomic E-state index is 6.09. The molecule has 0 amide bonds. The molecule has 9 nitrogen and oxygen atoms in total. The second-order valence-electron chi connectivity index (χ2n) is 8.47. The third-order valence-corrected chi connectivity index (χ3v) is 5.88. The van der Waals surface area contributed by atoms with Gasteiger partial charge in [-0.3, -0.25) is 0 Å². The number of ether oxygens (including phenoxy) is 3. The average molecular weight is 543 g/mol. The maximum Gasteiger partial charge on any atom is 0.263 e. The number of nitrogens with two attached hydrogens (primary N) is 1. The van der Waals surface area contributed by atoms with Gasteiger partial charge in [-0.25, -0.2) is 9.67 Å². The highest BCUT2D eigenvalue weighted by Gasteiger charge is 2.16. The lowest BCUT2D eigenvalue weighted by atomic mass is 10.2. The standard InChI is InChI=1S/C29H26N4O5S/c1-19-23(31-29(38-19)25-9-6-14-35-25)18-36-24-12-10-20(15-26(24)34-2)17-37-28-21(11-13-27(30)39)16-33(32-28)22-7-4-3-5-8-22/h3-16H,17-18H2,1-2H3,(H2,30,39)/b13-11+. The molecule has 3 heterocycles. The van der Waals surface area contributed by atoms with Crippen LogP contribution in [0.5, 0.6) is 17.4 Å². The van der Waals surface area contributed by atoms with Gasteiger partial charge in [-0.05, 0) is 61.0 Å². The Morgan fingerprint density at radius 3 is 2.64 bits per heavy atom. The van der Waals surface area contributed by atoms with Crippen molar-refractivity contribution in [3.05, 3.63) is 102 Å². The normalized spacial score (nSPS) is 11.1. The Hall–Kier alpha value is -4.83. The summed E-state index contributed by atoms with van der Waals surface area (Å²) in [6.07, 6.45) is 6.85. The van der Waals surface area contributed by atoms with Gasteiger partial charge in [0.2, 0.25) is 5.88 Å². The SMILES string of the molecule is COc1cc(COc2nn(-c3ccccc3)cc2/C=C/C(N)=S)ccc1OCc1nc(-c2ccco2)oc1C. The van der Waals surface area contributed by atoms with Crippen LogP contribution in [0.3, 0.4) is 0 Å². The Morgan fingerprint density at radius 1 is 1.05 bits per heavy atom. The zero-order valence-corrected chi connectivity index (χ0v) is 22.2. The van der Waals surface area contributed by atoms with Gasteiger partial charge in [-0.2, -0.15) is 0 Å². The van der Waals surface area contributed by atoms with Gasteiger partial charge in [0.15, 0.2) is 17.3 Å². The van der Waals surface area contributed by atoms with E-state index < -0.39 is 0 Å². The van der Waals surface area contributed by atoms with Gasteiger partial charge in [-0.1, -0.05) is 36.5 Å². The number of methoxy groups -OCH3 is 1. The van der Waals surface area contributed by atoms with Crippen LogP contribution in [-0.2, 0) is 13.2 Å². The van der Waals surface area contributed by atoms with Gasteiger partial charge in [0, 0.05) is 6.20 Å². The summed E-state index contributed by atoms with van der Waals surface area (Å²) in [5, 5.41) is 4.61. The van der Waals surface area contributed by atoms with Crippen molar-refractivity contribution >= 4 is 23.3 Å². The van der Waals surface area contributed by atoms with E-state index in [1.54, 1.807) is 42.3 Å². The molecule has 2 aromatic carbocycles. The number of hydrogen-bond donors (Lipinski definition) is 1. The first-order valence-corrected chi connectivity index (χ1v) is 12.5. The van der Waals surface area contributed by atoms with Crippen molar-refractivity contribution in [3.63, 3.8) is 0 Å². The Morgan fingerprint density at radius 2 is 1.90 bits per heavy atom. The molecule has 0 aliphatic carbocycles. The van der Waals surface area contributed by atoms with E-state index in [9.17, 15) is 0 Å². The fraction of sp³-hybridized carbons (Fsp3) is 0.138. The first-order valence-electron chi connectivity index (χ1n) is 12.1. The van der Waals surface area contributed by atoms with Crippen LogP contribution in [0.25, 0.3) is 23.4 Å². The van der Waals surface area contributed by atoms with Gasteiger partial charge in [-0.15, -0.1) is 5.10 Å². The fourth-order valence-corrected chi connectivity index (χ4v) is 3.84. The number of hydrogen-bond acceptors (Lipinski definition) is 8. The summed E-state index contributed by atoms with van der Waals surface area (Å²) in [5.41, 5.74) is 8.84. The van der Waals surface area contributed by atoms with E-state index in [4.69, 9.17) is 41.0 Å². The Kier molecular flexibility index (Phi) is 7.74. The zero-order valence-electron chi connectivity index (χ0n) is 21.4. The number of benzene rings is 2. The Labute approximate surface area is 230 Å². The summed E-state index contributed by atoms with van der Waals surface area (Å²) >= 11 is 4.98. The minimum atomic E-state index is 0.206. The summed E-state index contributed by atoms with van der Waals surface area (Å²) in [6, 6.07) is 18.9. The average Bonchev–Trinajstić information content (AvgIpc) is 3.70. The van der Waals surface area contributed by atoms with Crippen LogP contribution in [0.1, 0.15) is 22.6 Å². The number of aryl methyl sites for hydroxylation is 1. The van der Waals surface area contributed by atoms with Gasteiger partial charge in [0.25, 0.3) is 5.89 Å². The van der Waals surface area contributed by atoms with Crippen molar-refractivity contribution in [2.45, 2.75) is 20.1 Å². The van der Waals surface area contributed by atoms with Gasteiger partial charge >= 0.3 is 0 Å². The molecule has 0 unspecified atom stereocenters. The lowest BCUT2D eigenvalue weighted by Gasteiger charge is -2.12. The highest BCUT2D eigenvalue weighted by molar-refractivity contribution is 7.80. The first-order chi connectivity index (χ1) is 19.0. The number of thiocarbonyl (C=S) groups is 1. The van der Waals surface area contributed by atoms with Crippen LogP contribution < -0.4 is 19.9 Å². The molecule has 0 radical (unpaired) electrons. The quantitative estimate of drug-likeness (QED) is 0.161. The van der Waals surface area contributed by atoms with Crippen LogP contribution in [-0.4, -0.2) is 26.9 Å². The molecule has 0 atom stereocenters. The first kappa shape index (κ1) is 25.8. The molecule has 0 saturated carbocycles. The van der Waals surface area contributed by atoms with Crippen molar-refractivity contribution in [3.8, 4) is 34.7 Å². The maximum absolute atomic E-state index is 6.09. The third-order valence-electron chi connectivity index (χ3n) is 5.75. The molecule has 2 N–H and O–H groups in total. The van der Waals surface area contributed by atoms with Crippen molar-refractivity contribution in [2.24, 2.45) is 5.73 Å².